The van der Waals surface area contributed by atoms with Gasteiger partial charge in [-0.3, -0.25) is 14.9 Å². The normalized spacial score (nSPS) is 10.9. The standard InChI is InChI=1S/C21H15F2N3O3S/c1-10-15-7-12(22)3-6-18(15)29-19(10)20(28)26-21-25-17(9-30-21)14-5-4-13(8-16(14)23)24-11(2)27/h3-9H,1-2H3,(H,24,27)(H,25,26,28). The van der Waals surface area contributed by atoms with Gasteiger partial charge in [0.2, 0.25) is 5.91 Å². The number of furan rings is 1. The first-order valence-corrected chi connectivity index (χ1v) is 9.73. The van der Waals surface area contributed by atoms with Crippen molar-refractivity contribution >= 4 is 44.9 Å². The zero-order valence-electron chi connectivity index (χ0n) is 15.9. The third-order valence-electron chi connectivity index (χ3n) is 4.39. The lowest BCUT2D eigenvalue weighted by atomic mass is 10.1. The first kappa shape index (κ1) is 19.7. The van der Waals surface area contributed by atoms with E-state index < -0.39 is 17.5 Å². The third-order valence-corrected chi connectivity index (χ3v) is 5.15. The molecule has 0 aliphatic rings. The SMILES string of the molecule is CC(=O)Nc1ccc(-c2csc(NC(=O)c3oc4ccc(F)cc4c3C)n2)c(F)c1. The maximum atomic E-state index is 14.4. The second kappa shape index (κ2) is 7.68. The quantitative estimate of drug-likeness (QED) is 0.460. The monoisotopic (exact) mass is 427 g/mol. The number of fused-ring (bicyclic) bond motifs is 1. The van der Waals surface area contributed by atoms with Gasteiger partial charge in [0.05, 0.1) is 5.69 Å². The Kier molecular flexibility index (Phi) is 5.04. The predicted octanol–water partition coefficient (Wildman–Crippen LogP) is 5.35. The van der Waals surface area contributed by atoms with Gasteiger partial charge in [-0.15, -0.1) is 11.3 Å². The Morgan fingerprint density at radius 1 is 1.10 bits per heavy atom. The van der Waals surface area contributed by atoms with Gasteiger partial charge in [-0.25, -0.2) is 13.8 Å². The number of thiazole rings is 1. The molecule has 0 spiro atoms. The number of hydrogen-bond acceptors (Lipinski definition) is 5. The summed E-state index contributed by atoms with van der Waals surface area (Å²) in [5.41, 5.74) is 1.82. The number of amides is 2. The van der Waals surface area contributed by atoms with Gasteiger partial charge in [0.15, 0.2) is 10.9 Å². The lowest BCUT2D eigenvalue weighted by Gasteiger charge is -2.05. The number of aryl methyl sites for hydroxylation is 1. The Morgan fingerprint density at radius 2 is 1.90 bits per heavy atom. The molecule has 6 nitrogen and oxygen atoms in total. The molecule has 0 aliphatic heterocycles. The van der Waals surface area contributed by atoms with Crippen LogP contribution in [-0.2, 0) is 4.79 Å². The lowest BCUT2D eigenvalue weighted by Crippen LogP contribution is -2.11. The summed E-state index contributed by atoms with van der Waals surface area (Å²) >= 11 is 1.12. The molecule has 0 fully saturated rings. The van der Waals surface area contributed by atoms with Crippen LogP contribution in [0, 0.1) is 18.6 Å². The summed E-state index contributed by atoms with van der Waals surface area (Å²) in [6.07, 6.45) is 0. The first-order valence-electron chi connectivity index (χ1n) is 8.85. The number of benzene rings is 2. The maximum Gasteiger partial charge on any atom is 0.293 e. The van der Waals surface area contributed by atoms with Crippen LogP contribution in [0.2, 0.25) is 0 Å². The number of nitrogens with zero attached hydrogens (tertiary/aromatic N) is 1. The minimum Gasteiger partial charge on any atom is -0.451 e. The lowest BCUT2D eigenvalue weighted by molar-refractivity contribution is -0.114. The number of carbonyl (C=O) groups is 2. The molecule has 0 saturated carbocycles. The van der Waals surface area contributed by atoms with Gasteiger partial charge < -0.3 is 9.73 Å². The molecule has 0 bridgehead atoms. The summed E-state index contributed by atoms with van der Waals surface area (Å²) in [6.45, 7) is 3.00. The Labute approximate surface area is 173 Å². The van der Waals surface area contributed by atoms with Crippen LogP contribution in [0.1, 0.15) is 23.0 Å². The molecule has 4 rings (SSSR count). The molecule has 4 aromatic rings. The zero-order chi connectivity index (χ0) is 21.4. The summed E-state index contributed by atoms with van der Waals surface area (Å²) in [5, 5.41) is 7.50. The zero-order valence-corrected chi connectivity index (χ0v) is 16.7. The molecule has 0 saturated heterocycles. The summed E-state index contributed by atoms with van der Waals surface area (Å²) < 4.78 is 33.4. The van der Waals surface area contributed by atoms with Crippen LogP contribution in [-0.4, -0.2) is 16.8 Å². The van der Waals surface area contributed by atoms with E-state index in [2.05, 4.69) is 15.6 Å². The Morgan fingerprint density at radius 3 is 2.63 bits per heavy atom. The van der Waals surface area contributed by atoms with E-state index in [1.165, 1.54) is 37.3 Å². The van der Waals surface area contributed by atoms with Gasteiger partial charge in [0.25, 0.3) is 5.91 Å². The highest BCUT2D eigenvalue weighted by molar-refractivity contribution is 7.14. The molecule has 2 aromatic heterocycles. The maximum absolute atomic E-state index is 14.4. The van der Waals surface area contributed by atoms with E-state index in [1.807, 2.05) is 0 Å². The van der Waals surface area contributed by atoms with E-state index in [0.29, 0.717) is 27.9 Å². The molecule has 0 unspecified atom stereocenters. The molecular formula is C21H15F2N3O3S. The average molecular weight is 427 g/mol. The molecule has 0 aliphatic carbocycles. The number of anilines is 2. The predicted molar refractivity (Wildman–Crippen MR) is 111 cm³/mol. The molecule has 30 heavy (non-hydrogen) atoms. The molecule has 152 valence electrons. The average Bonchev–Trinajstić information content (AvgIpc) is 3.26. The summed E-state index contributed by atoms with van der Waals surface area (Å²) in [5.74, 6) is -1.76. The van der Waals surface area contributed by atoms with E-state index in [1.54, 1.807) is 18.4 Å². The Balaban J connectivity index is 1.56. The van der Waals surface area contributed by atoms with Crippen molar-refractivity contribution in [3.8, 4) is 11.3 Å². The van der Waals surface area contributed by atoms with Crippen LogP contribution in [0.5, 0.6) is 0 Å². The van der Waals surface area contributed by atoms with Gasteiger partial charge in [-0.05, 0) is 43.3 Å². The number of aromatic nitrogens is 1. The number of carbonyl (C=O) groups excluding carboxylic acids is 2. The summed E-state index contributed by atoms with van der Waals surface area (Å²) in [4.78, 5) is 27.9. The van der Waals surface area contributed by atoms with Crippen LogP contribution < -0.4 is 10.6 Å². The molecule has 0 atom stereocenters. The number of rotatable bonds is 4. The largest absolute Gasteiger partial charge is 0.451 e. The molecule has 2 aromatic carbocycles. The summed E-state index contributed by atoms with van der Waals surface area (Å²) in [7, 11) is 0. The number of hydrogen-bond donors (Lipinski definition) is 2. The van der Waals surface area contributed by atoms with E-state index in [9.17, 15) is 18.4 Å². The van der Waals surface area contributed by atoms with E-state index in [0.717, 1.165) is 11.3 Å². The third kappa shape index (κ3) is 3.79. The fraction of sp³-hybridized carbons (Fsp3) is 0.0952. The topological polar surface area (TPSA) is 84.2 Å². The number of halogens is 2. The molecule has 0 radical (unpaired) electrons. The van der Waals surface area contributed by atoms with Gasteiger partial charge >= 0.3 is 0 Å². The second-order valence-corrected chi connectivity index (χ2v) is 7.42. The van der Waals surface area contributed by atoms with E-state index in [-0.39, 0.29) is 22.4 Å². The minimum atomic E-state index is -0.556. The van der Waals surface area contributed by atoms with Crippen molar-refractivity contribution in [2.24, 2.45) is 0 Å². The first-order chi connectivity index (χ1) is 14.3. The van der Waals surface area contributed by atoms with Crippen molar-refractivity contribution in [3.05, 3.63) is 64.7 Å². The Hall–Kier alpha value is -3.59. The highest BCUT2D eigenvalue weighted by Crippen LogP contribution is 2.30. The Bertz CT molecular complexity index is 1300. The van der Waals surface area contributed by atoms with Crippen LogP contribution in [0.3, 0.4) is 0 Å². The highest BCUT2D eigenvalue weighted by atomic mass is 32.1. The molecule has 9 heteroatoms. The fourth-order valence-corrected chi connectivity index (χ4v) is 3.73. The van der Waals surface area contributed by atoms with Crippen LogP contribution in [0.4, 0.5) is 19.6 Å². The van der Waals surface area contributed by atoms with Crippen LogP contribution >= 0.6 is 11.3 Å². The van der Waals surface area contributed by atoms with Crippen LogP contribution in [0.25, 0.3) is 22.2 Å². The minimum absolute atomic E-state index is 0.0539. The molecule has 2 N–H and O–H groups in total. The van der Waals surface area contributed by atoms with Gasteiger partial charge in [0, 0.05) is 34.5 Å². The smallest absolute Gasteiger partial charge is 0.293 e. The second-order valence-electron chi connectivity index (χ2n) is 6.56. The highest BCUT2D eigenvalue weighted by Gasteiger charge is 2.20. The fourth-order valence-electron chi connectivity index (χ4n) is 3.02. The summed E-state index contributed by atoms with van der Waals surface area (Å²) in [6, 6.07) is 8.29. The molecule has 2 amide bonds. The van der Waals surface area contributed by atoms with Crippen molar-refractivity contribution in [1.29, 1.82) is 0 Å². The number of nitrogens with one attached hydrogen (secondary N) is 2. The van der Waals surface area contributed by atoms with Gasteiger partial charge in [-0.1, -0.05) is 0 Å². The van der Waals surface area contributed by atoms with Crippen molar-refractivity contribution in [2.75, 3.05) is 10.6 Å². The molecule has 2 heterocycles. The van der Waals surface area contributed by atoms with Crippen molar-refractivity contribution in [2.45, 2.75) is 13.8 Å². The van der Waals surface area contributed by atoms with Crippen molar-refractivity contribution < 1.29 is 22.8 Å². The van der Waals surface area contributed by atoms with Crippen molar-refractivity contribution in [1.82, 2.24) is 4.98 Å². The van der Waals surface area contributed by atoms with E-state index in [4.69, 9.17) is 4.42 Å². The van der Waals surface area contributed by atoms with E-state index >= 15 is 0 Å². The van der Waals surface area contributed by atoms with Gasteiger partial charge in [0.1, 0.15) is 17.2 Å². The van der Waals surface area contributed by atoms with Crippen LogP contribution in [0.15, 0.2) is 46.2 Å². The van der Waals surface area contributed by atoms with Crippen molar-refractivity contribution in [3.63, 3.8) is 0 Å². The van der Waals surface area contributed by atoms with Gasteiger partial charge in [-0.2, -0.15) is 0 Å². The molecular weight excluding hydrogens is 412 g/mol.